The molecule has 3 rings (SSSR count). The number of anilines is 1. The van der Waals surface area contributed by atoms with Crippen molar-refractivity contribution in [1.29, 1.82) is 0 Å². The Kier molecular flexibility index (Phi) is 6.42. The highest BCUT2D eigenvalue weighted by Gasteiger charge is 2.25. The SMILES string of the molecule is O=C(Nc1cccc(S(=O)(=O)N2CCCCCC2)c1)c1ccc(Cl)cc1Cl. The maximum Gasteiger partial charge on any atom is 0.257 e. The van der Waals surface area contributed by atoms with Gasteiger partial charge in [0.2, 0.25) is 10.0 Å². The molecule has 0 saturated carbocycles. The summed E-state index contributed by atoms with van der Waals surface area (Å²) in [5.41, 5.74) is 0.656. The van der Waals surface area contributed by atoms with Crippen LogP contribution in [0.25, 0.3) is 0 Å². The minimum atomic E-state index is -3.58. The third-order valence-electron chi connectivity index (χ3n) is 4.47. The second-order valence-corrected chi connectivity index (χ2v) is 9.21. The Balaban J connectivity index is 1.81. The van der Waals surface area contributed by atoms with Crippen LogP contribution in [0.1, 0.15) is 36.0 Å². The molecular formula is C19H20Cl2N2O3S. The van der Waals surface area contributed by atoms with Crippen molar-refractivity contribution in [3.05, 3.63) is 58.1 Å². The topological polar surface area (TPSA) is 66.5 Å². The number of hydrogen-bond acceptors (Lipinski definition) is 3. The van der Waals surface area contributed by atoms with Crippen LogP contribution < -0.4 is 5.32 Å². The first-order valence-corrected chi connectivity index (χ1v) is 10.9. The lowest BCUT2D eigenvalue weighted by Crippen LogP contribution is -2.32. The van der Waals surface area contributed by atoms with Crippen molar-refractivity contribution in [3.63, 3.8) is 0 Å². The average Bonchev–Trinajstić information content (AvgIpc) is 2.92. The molecule has 2 aromatic carbocycles. The van der Waals surface area contributed by atoms with E-state index in [0.29, 0.717) is 23.8 Å². The number of carbonyl (C=O) groups excluding carboxylic acids is 1. The number of carbonyl (C=O) groups is 1. The summed E-state index contributed by atoms with van der Waals surface area (Å²) in [6, 6.07) is 10.9. The van der Waals surface area contributed by atoms with Gasteiger partial charge in [0.05, 0.1) is 15.5 Å². The normalized spacial score (nSPS) is 15.9. The van der Waals surface area contributed by atoms with Crippen LogP contribution in [0.5, 0.6) is 0 Å². The maximum atomic E-state index is 12.9. The smallest absolute Gasteiger partial charge is 0.257 e. The van der Waals surface area contributed by atoms with Crippen LogP contribution in [0.15, 0.2) is 47.4 Å². The Morgan fingerprint density at radius 1 is 0.963 bits per heavy atom. The molecule has 144 valence electrons. The monoisotopic (exact) mass is 426 g/mol. The van der Waals surface area contributed by atoms with Gasteiger partial charge < -0.3 is 5.32 Å². The fourth-order valence-corrected chi connectivity index (χ4v) is 5.10. The molecule has 1 amide bonds. The number of hydrogen-bond donors (Lipinski definition) is 1. The number of nitrogens with zero attached hydrogens (tertiary/aromatic N) is 1. The molecule has 0 aliphatic carbocycles. The Morgan fingerprint density at radius 3 is 2.33 bits per heavy atom. The van der Waals surface area contributed by atoms with Crippen molar-refractivity contribution in [2.75, 3.05) is 18.4 Å². The van der Waals surface area contributed by atoms with Crippen LogP contribution in [-0.2, 0) is 10.0 Å². The van der Waals surface area contributed by atoms with Gasteiger partial charge in [-0.15, -0.1) is 0 Å². The standard InChI is InChI=1S/C19H20Cl2N2O3S/c20-14-8-9-17(18(21)12-14)19(24)22-15-6-5-7-16(13-15)27(25,26)23-10-3-1-2-4-11-23/h5-9,12-13H,1-4,10-11H2,(H,22,24). The first kappa shape index (κ1) is 20.1. The van der Waals surface area contributed by atoms with Gasteiger partial charge in [0.25, 0.3) is 5.91 Å². The Bertz CT molecular complexity index is 940. The molecule has 27 heavy (non-hydrogen) atoms. The van der Waals surface area contributed by atoms with Crippen LogP contribution in [0.2, 0.25) is 10.0 Å². The minimum Gasteiger partial charge on any atom is -0.322 e. The molecular weight excluding hydrogens is 407 g/mol. The highest BCUT2D eigenvalue weighted by molar-refractivity contribution is 7.89. The van der Waals surface area contributed by atoms with Crippen molar-refractivity contribution >= 4 is 44.8 Å². The van der Waals surface area contributed by atoms with E-state index in [2.05, 4.69) is 5.32 Å². The second kappa shape index (κ2) is 8.61. The van der Waals surface area contributed by atoms with Crippen LogP contribution in [0, 0.1) is 0 Å². The van der Waals surface area contributed by atoms with E-state index in [1.165, 1.54) is 22.5 Å². The molecule has 0 atom stereocenters. The summed E-state index contributed by atoms with van der Waals surface area (Å²) in [7, 11) is -3.58. The minimum absolute atomic E-state index is 0.171. The van der Waals surface area contributed by atoms with Gasteiger partial charge in [0.1, 0.15) is 0 Å². The molecule has 0 bridgehead atoms. The van der Waals surface area contributed by atoms with Crippen molar-refractivity contribution in [2.45, 2.75) is 30.6 Å². The van der Waals surface area contributed by atoms with Gasteiger partial charge in [-0.3, -0.25) is 4.79 Å². The summed E-state index contributed by atoms with van der Waals surface area (Å²) in [5, 5.41) is 3.36. The lowest BCUT2D eigenvalue weighted by Gasteiger charge is -2.20. The summed E-state index contributed by atoms with van der Waals surface area (Å²) in [6.07, 6.45) is 3.82. The van der Waals surface area contributed by atoms with Gasteiger partial charge in [-0.05, 0) is 49.2 Å². The van der Waals surface area contributed by atoms with Gasteiger partial charge in [0.15, 0.2) is 0 Å². The van der Waals surface area contributed by atoms with Crippen molar-refractivity contribution in [1.82, 2.24) is 4.31 Å². The number of benzene rings is 2. The van der Waals surface area contributed by atoms with E-state index in [9.17, 15) is 13.2 Å². The van der Waals surface area contributed by atoms with Gasteiger partial charge in [-0.2, -0.15) is 4.31 Å². The molecule has 0 radical (unpaired) electrons. The average molecular weight is 427 g/mol. The zero-order chi connectivity index (χ0) is 19.4. The summed E-state index contributed by atoms with van der Waals surface area (Å²) >= 11 is 11.9. The zero-order valence-electron chi connectivity index (χ0n) is 14.6. The molecule has 0 aromatic heterocycles. The van der Waals surface area contributed by atoms with E-state index in [1.807, 2.05) is 0 Å². The number of amides is 1. The lowest BCUT2D eigenvalue weighted by molar-refractivity contribution is 0.102. The highest BCUT2D eigenvalue weighted by atomic mass is 35.5. The van der Waals surface area contributed by atoms with E-state index in [4.69, 9.17) is 23.2 Å². The number of rotatable bonds is 4. The molecule has 0 unspecified atom stereocenters. The van der Waals surface area contributed by atoms with Gasteiger partial charge in [0, 0.05) is 23.8 Å². The molecule has 1 saturated heterocycles. The molecule has 2 aromatic rings. The number of halogens is 2. The molecule has 0 spiro atoms. The summed E-state index contributed by atoms with van der Waals surface area (Å²) in [5.74, 6) is -0.430. The van der Waals surface area contributed by atoms with E-state index >= 15 is 0 Å². The molecule has 1 fully saturated rings. The molecule has 1 N–H and O–H groups in total. The molecule has 1 heterocycles. The lowest BCUT2D eigenvalue weighted by atomic mass is 10.2. The molecule has 5 nitrogen and oxygen atoms in total. The maximum absolute atomic E-state index is 12.9. The predicted octanol–water partition coefficient (Wildman–Crippen LogP) is 4.81. The third-order valence-corrected chi connectivity index (χ3v) is 6.91. The van der Waals surface area contributed by atoms with Gasteiger partial charge >= 0.3 is 0 Å². The van der Waals surface area contributed by atoms with Gasteiger partial charge in [-0.1, -0.05) is 42.1 Å². The fourth-order valence-electron chi connectivity index (χ4n) is 3.04. The predicted molar refractivity (Wildman–Crippen MR) is 108 cm³/mol. The molecule has 1 aliphatic heterocycles. The number of nitrogens with one attached hydrogen (secondary N) is 1. The zero-order valence-corrected chi connectivity index (χ0v) is 16.9. The summed E-state index contributed by atoms with van der Waals surface area (Å²) in [6.45, 7) is 1.05. The van der Waals surface area contributed by atoms with E-state index in [1.54, 1.807) is 24.3 Å². The van der Waals surface area contributed by atoms with Crippen molar-refractivity contribution < 1.29 is 13.2 Å². The van der Waals surface area contributed by atoms with Crippen LogP contribution in [0.3, 0.4) is 0 Å². The van der Waals surface area contributed by atoms with Crippen molar-refractivity contribution in [3.8, 4) is 0 Å². The Hall–Kier alpha value is -1.60. The highest BCUT2D eigenvalue weighted by Crippen LogP contribution is 2.25. The molecule has 1 aliphatic rings. The van der Waals surface area contributed by atoms with Crippen LogP contribution in [0.4, 0.5) is 5.69 Å². The Morgan fingerprint density at radius 2 is 1.67 bits per heavy atom. The van der Waals surface area contributed by atoms with Gasteiger partial charge in [-0.25, -0.2) is 8.42 Å². The molecule has 8 heteroatoms. The third kappa shape index (κ3) is 4.82. The summed E-state index contributed by atoms with van der Waals surface area (Å²) < 4.78 is 27.4. The second-order valence-electron chi connectivity index (χ2n) is 6.42. The first-order valence-electron chi connectivity index (χ1n) is 8.74. The van der Waals surface area contributed by atoms with Crippen LogP contribution in [-0.4, -0.2) is 31.7 Å². The Labute approximate surface area is 169 Å². The summed E-state index contributed by atoms with van der Waals surface area (Å²) in [4.78, 5) is 12.6. The first-order chi connectivity index (χ1) is 12.9. The van der Waals surface area contributed by atoms with E-state index in [0.717, 1.165) is 25.7 Å². The van der Waals surface area contributed by atoms with E-state index in [-0.39, 0.29) is 15.5 Å². The quantitative estimate of drug-likeness (QED) is 0.762. The largest absolute Gasteiger partial charge is 0.322 e. The fraction of sp³-hybridized carbons (Fsp3) is 0.316. The number of sulfonamides is 1. The van der Waals surface area contributed by atoms with Crippen LogP contribution >= 0.6 is 23.2 Å². The van der Waals surface area contributed by atoms with Crippen molar-refractivity contribution in [2.24, 2.45) is 0 Å². The van der Waals surface area contributed by atoms with E-state index < -0.39 is 15.9 Å².